The molecule has 0 saturated carbocycles. The zero-order valence-electron chi connectivity index (χ0n) is 26.4. The molecule has 2 aliphatic rings. The summed E-state index contributed by atoms with van der Waals surface area (Å²) in [5, 5.41) is 3.93. The van der Waals surface area contributed by atoms with Crippen LogP contribution in [-0.4, -0.2) is 53.7 Å². The number of benzene rings is 4. The van der Waals surface area contributed by atoms with Crippen molar-refractivity contribution in [3.63, 3.8) is 0 Å². The van der Waals surface area contributed by atoms with Crippen molar-refractivity contribution in [2.75, 3.05) is 0 Å². The summed E-state index contributed by atoms with van der Waals surface area (Å²) in [6.45, 7) is 0. The summed E-state index contributed by atoms with van der Waals surface area (Å²) in [6, 6.07) is 21.2. The molecule has 0 fully saturated rings. The number of esters is 2. The molecule has 0 saturated heterocycles. The van der Waals surface area contributed by atoms with E-state index in [-0.39, 0.29) is 33.4 Å². The zero-order valence-corrected chi connectivity index (χ0v) is 26.4. The maximum Gasteiger partial charge on any atom is 0.478 e. The van der Waals surface area contributed by atoms with Gasteiger partial charge in [0, 0.05) is 12.2 Å². The normalized spacial score (nSPS) is 14.7. The quantitative estimate of drug-likeness (QED) is 0.0981. The first-order valence-electron chi connectivity index (χ1n) is 15.1. The van der Waals surface area contributed by atoms with Gasteiger partial charge < -0.3 is 9.47 Å². The van der Waals surface area contributed by atoms with Crippen LogP contribution in [0.1, 0.15) is 31.8 Å². The average Bonchev–Trinajstić information content (AvgIpc) is 3.64. The van der Waals surface area contributed by atoms with Gasteiger partial charge in [0.1, 0.15) is 0 Å². The van der Waals surface area contributed by atoms with Crippen molar-refractivity contribution < 1.29 is 64.6 Å². The third-order valence-corrected chi connectivity index (χ3v) is 7.99. The number of alkyl halides is 6. The van der Waals surface area contributed by atoms with E-state index in [2.05, 4.69) is 9.47 Å². The first-order chi connectivity index (χ1) is 25.0. The van der Waals surface area contributed by atoms with Gasteiger partial charge in [0.25, 0.3) is 23.6 Å². The lowest BCUT2D eigenvalue weighted by molar-refractivity contribution is -0.437. The van der Waals surface area contributed by atoms with Crippen LogP contribution in [-0.2, 0) is 28.7 Å². The minimum absolute atomic E-state index is 0.171. The maximum absolute atomic E-state index is 14.6. The molecule has 0 bridgehead atoms. The van der Waals surface area contributed by atoms with E-state index >= 15 is 0 Å². The van der Waals surface area contributed by atoms with E-state index in [9.17, 15) is 55.1 Å². The number of carbonyl (C=O) groups excluding carboxylic acids is 6. The molecule has 2 N–H and O–H groups in total. The highest BCUT2D eigenvalue weighted by Crippen LogP contribution is 2.48. The summed E-state index contributed by atoms with van der Waals surface area (Å²) in [6.07, 6.45) is -11.6. The van der Waals surface area contributed by atoms with E-state index in [0.29, 0.717) is 11.1 Å². The molecule has 0 aromatic heterocycles. The molecule has 2 aliphatic heterocycles. The summed E-state index contributed by atoms with van der Waals surface area (Å²) in [4.78, 5) is 75.4. The molecule has 2 heterocycles. The molecular formula is C37H20F6N2O8. The Kier molecular flexibility index (Phi) is 9.07. The number of rotatable bonds is 8. The number of amides is 4. The van der Waals surface area contributed by atoms with E-state index in [4.69, 9.17) is 0 Å². The number of nitrogens with one attached hydrogen (secondary N) is 2. The van der Waals surface area contributed by atoms with Crippen molar-refractivity contribution in [3.8, 4) is 22.3 Å². The van der Waals surface area contributed by atoms with Gasteiger partial charge in [0.2, 0.25) is 0 Å². The standard InChI is InChI=1S/C37H20F6N2O8/c38-36(39,40)35(37(41,42)43,52-33(50)21-11-13-23(19-7-3-1-4-8-19)25(15-21)27-17-29(46)44-31(27)48)53-34(51)22-12-14-24(20-9-5-2-6-10-20)26(16-22)28-18-30(47)45-32(28)49/h1-18H,(H,44,46,48)(H,45,47,49). The Morgan fingerprint density at radius 2 is 0.849 bits per heavy atom. The van der Waals surface area contributed by atoms with E-state index in [0.717, 1.165) is 48.6 Å². The summed E-state index contributed by atoms with van der Waals surface area (Å²) < 4.78 is 95.5. The first kappa shape index (κ1) is 36.0. The molecule has 16 heteroatoms. The van der Waals surface area contributed by atoms with E-state index in [1.54, 1.807) is 60.7 Å². The van der Waals surface area contributed by atoms with Gasteiger partial charge in [-0.05, 0) is 57.6 Å². The van der Waals surface area contributed by atoms with Crippen molar-refractivity contribution in [2.24, 2.45) is 0 Å². The van der Waals surface area contributed by atoms with Crippen molar-refractivity contribution in [2.45, 2.75) is 18.1 Å². The predicted octanol–water partition coefficient (Wildman–Crippen LogP) is 5.93. The second-order valence-electron chi connectivity index (χ2n) is 11.4. The Morgan fingerprint density at radius 3 is 1.15 bits per heavy atom. The van der Waals surface area contributed by atoms with Gasteiger partial charge in [0.15, 0.2) is 0 Å². The Bertz CT molecular complexity index is 2120. The minimum Gasteiger partial charge on any atom is -0.403 e. The van der Waals surface area contributed by atoms with Crippen molar-refractivity contribution in [1.29, 1.82) is 0 Å². The molecule has 6 rings (SSSR count). The van der Waals surface area contributed by atoms with Gasteiger partial charge in [-0.3, -0.25) is 29.8 Å². The van der Waals surface area contributed by atoms with Crippen LogP contribution in [0.3, 0.4) is 0 Å². The summed E-state index contributed by atoms with van der Waals surface area (Å²) in [5.74, 6) is -14.1. The van der Waals surface area contributed by atoms with Gasteiger partial charge in [-0.2, -0.15) is 26.3 Å². The maximum atomic E-state index is 14.6. The molecule has 53 heavy (non-hydrogen) atoms. The van der Waals surface area contributed by atoms with Crippen LogP contribution in [0.4, 0.5) is 26.3 Å². The number of hydrogen-bond acceptors (Lipinski definition) is 8. The molecule has 0 aliphatic carbocycles. The van der Waals surface area contributed by atoms with Gasteiger partial charge >= 0.3 is 30.1 Å². The fourth-order valence-electron chi connectivity index (χ4n) is 5.54. The van der Waals surface area contributed by atoms with Gasteiger partial charge in [-0.25, -0.2) is 9.59 Å². The van der Waals surface area contributed by atoms with Crippen LogP contribution >= 0.6 is 0 Å². The lowest BCUT2D eigenvalue weighted by Gasteiger charge is -2.35. The fourth-order valence-corrected chi connectivity index (χ4v) is 5.54. The largest absolute Gasteiger partial charge is 0.478 e. The molecule has 0 spiro atoms. The second-order valence-corrected chi connectivity index (χ2v) is 11.4. The highest BCUT2D eigenvalue weighted by atomic mass is 19.4. The Hall–Kier alpha value is -6.84. The molecule has 10 nitrogen and oxygen atoms in total. The van der Waals surface area contributed by atoms with Crippen LogP contribution in [0.25, 0.3) is 33.4 Å². The summed E-state index contributed by atoms with van der Waals surface area (Å²) >= 11 is 0. The number of hydrogen-bond donors (Lipinski definition) is 2. The molecule has 4 amide bonds. The molecule has 0 radical (unpaired) electrons. The van der Waals surface area contributed by atoms with Crippen LogP contribution in [0.5, 0.6) is 0 Å². The van der Waals surface area contributed by atoms with Gasteiger partial charge in [-0.1, -0.05) is 72.8 Å². The second kappa shape index (κ2) is 13.4. The third-order valence-electron chi connectivity index (χ3n) is 7.99. The summed E-state index contributed by atoms with van der Waals surface area (Å²) in [7, 11) is 0. The predicted molar refractivity (Wildman–Crippen MR) is 172 cm³/mol. The number of imide groups is 2. The average molecular weight is 735 g/mol. The lowest BCUT2D eigenvalue weighted by atomic mass is 9.92. The van der Waals surface area contributed by atoms with Crippen LogP contribution in [0.15, 0.2) is 109 Å². The highest BCUT2D eigenvalue weighted by molar-refractivity contribution is 6.35. The number of carbonyl (C=O) groups is 6. The van der Waals surface area contributed by atoms with Crippen LogP contribution in [0, 0.1) is 0 Å². The number of ether oxygens (including phenoxy) is 2. The van der Waals surface area contributed by atoms with Crippen molar-refractivity contribution in [3.05, 3.63) is 131 Å². The fraction of sp³-hybridized carbons (Fsp3) is 0.0811. The minimum atomic E-state index is -6.63. The molecule has 4 aromatic carbocycles. The smallest absolute Gasteiger partial charge is 0.403 e. The topological polar surface area (TPSA) is 145 Å². The molecule has 0 atom stereocenters. The molecule has 268 valence electrons. The first-order valence-corrected chi connectivity index (χ1v) is 15.1. The highest BCUT2D eigenvalue weighted by Gasteiger charge is 2.79. The van der Waals surface area contributed by atoms with Gasteiger partial charge in [0.05, 0.1) is 22.3 Å². The van der Waals surface area contributed by atoms with E-state index in [1.165, 1.54) is 0 Å². The molecule has 4 aromatic rings. The van der Waals surface area contributed by atoms with Crippen LogP contribution in [0.2, 0.25) is 0 Å². The zero-order chi connectivity index (χ0) is 38.3. The van der Waals surface area contributed by atoms with Gasteiger partial charge in [-0.15, -0.1) is 0 Å². The van der Waals surface area contributed by atoms with E-state index in [1.807, 2.05) is 10.6 Å². The lowest BCUT2D eigenvalue weighted by Crippen LogP contribution is -2.62. The Balaban J connectivity index is 1.41. The van der Waals surface area contributed by atoms with E-state index < -0.39 is 64.8 Å². The SMILES string of the molecule is O=C1C=C(c2cc(C(=O)OC(OC(=O)c3ccc(-c4ccccc4)c(C4=CC(=O)NC4=O)c3)(C(F)(F)F)C(F)(F)F)ccc2-c2ccccc2)C(=O)N1. The molecule has 0 unspecified atom stereocenters. The van der Waals surface area contributed by atoms with Crippen molar-refractivity contribution >= 4 is 46.7 Å². The summed E-state index contributed by atoms with van der Waals surface area (Å²) in [5.41, 5.74) is -1.88. The van der Waals surface area contributed by atoms with Crippen LogP contribution < -0.4 is 10.6 Å². The molecular weight excluding hydrogens is 714 g/mol. The monoisotopic (exact) mass is 734 g/mol. The third kappa shape index (κ3) is 6.81. The number of halogens is 6. The Labute approximate surface area is 293 Å². The van der Waals surface area contributed by atoms with Crippen molar-refractivity contribution in [1.82, 2.24) is 10.6 Å². The Morgan fingerprint density at radius 1 is 0.491 bits per heavy atom.